The van der Waals surface area contributed by atoms with Crippen LogP contribution in [0.3, 0.4) is 0 Å². The van der Waals surface area contributed by atoms with Gasteiger partial charge in [-0.3, -0.25) is 0 Å². The van der Waals surface area contributed by atoms with Gasteiger partial charge in [0.15, 0.2) is 0 Å². The maximum Gasteiger partial charge on any atom is 0.213 e. The Bertz CT molecular complexity index is 509. The Hall–Kier alpha value is -2.03. The molecule has 2 rings (SSSR count). The topological polar surface area (TPSA) is 48.1 Å². The first kappa shape index (κ1) is 10.5. The molecule has 0 aliphatic carbocycles. The third-order valence-corrected chi connectivity index (χ3v) is 2.56. The molecule has 1 heterocycles. The van der Waals surface area contributed by atoms with Crippen molar-refractivity contribution >= 4 is 5.69 Å². The SMILES string of the molecule is COc1cc(-c2ccc(C)c(N)c2)ccn1. The van der Waals surface area contributed by atoms with Crippen LogP contribution < -0.4 is 10.5 Å². The van der Waals surface area contributed by atoms with Crippen molar-refractivity contribution in [3.8, 4) is 17.0 Å². The molecular formula is C13H14N2O. The van der Waals surface area contributed by atoms with Crippen molar-refractivity contribution < 1.29 is 4.74 Å². The fraction of sp³-hybridized carbons (Fsp3) is 0.154. The van der Waals surface area contributed by atoms with E-state index in [1.807, 2.05) is 37.3 Å². The van der Waals surface area contributed by atoms with Crippen molar-refractivity contribution in [2.75, 3.05) is 12.8 Å². The number of anilines is 1. The van der Waals surface area contributed by atoms with Gasteiger partial charge in [0.2, 0.25) is 5.88 Å². The van der Waals surface area contributed by atoms with Crippen LogP contribution in [0.25, 0.3) is 11.1 Å². The van der Waals surface area contributed by atoms with Gasteiger partial charge in [-0.05, 0) is 35.7 Å². The van der Waals surface area contributed by atoms with Crippen molar-refractivity contribution in [2.45, 2.75) is 6.92 Å². The van der Waals surface area contributed by atoms with Crippen LogP contribution in [0.5, 0.6) is 5.88 Å². The molecule has 2 aromatic rings. The highest BCUT2D eigenvalue weighted by molar-refractivity contribution is 5.69. The molecule has 0 aliphatic heterocycles. The summed E-state index contributed by atoms with van der Waals surface area (Å²) in [6, 6.07) is 9.85. The van der Waals surface area contributed by atoms with Gasteiger partial charge < -0.3 is 10.5 Å². The summed E-state index contributed by atoms with van der Waals surface area (Å²) in [7, 11) is 1.61. The summed E-state index contributed by atoms with van der Waals surface area (Å²) < 4.78 is 5.09. The number of nitrogens with zero attached hydrogens (tertiary/aromatic N) is 1. The van der Waals surface area contributed by atoms with E-state index in [0.29, 0.717) is 5.88 Å². The van der Waals surface area contributed by atoms with Crippen LogP contribution in [-0.2, 0) is 0 Å². The highest BCUT2D eigenvalue weighted by Crippen LogP contribution is 2.25. The molecule has 0 saturated heterocycles. The van der Waals surface area contributed by atoms with E-state index < -0.39 is 0 Å². The number of nitrogen functional groups attached to an aromatic ring is 1. The summed E-state index contributed by atoms with van der Waals surface area (Å²) >= 11 is 0. The Labute approximate surface area is 94.9 Å². The number of benzene rings is 1. The van der Waals surface area contributed by atoms with Gasteiger partial charge in [0.1, 0.15) is 0 Å². The molecule has 0 saturated carbocycles. The molecule has 0 aliphatic rings. The molecule has 82 valence electrons. The van der Waals surface area contributed by atoms with E-state index in [4.69, 9.17) is 10.5 Å². The van der Waals surface area contributed by atoms with Gasteiger partial charge in [-0.2, -0.15) is 0 Å². The zero-order chi connectivity index (χ0) is 11.5. The first-order chi connectivity index (χ1) is 7.70. The van der Waals surface area contributed by atoms with Crippen molar-refractivity contribution in [3.63, 3.8) is 0 Å². The number of pyridine rings is 1. The van der Waals surface area contributed by atoms with Crippen LogP contribution in [0, 0.1) is 6.92 Å². The molecule has 16 heavy (non-hydrogen) atoms. The van der Waals surface area contributed by atoms with E-state index in [2.05, 4.69) is 4.98 Å². The standard InChI is InChI=1S/C13H14N2O/c1-9-3-4-10(7-12(9)14)11-5-6-15-13(8-11)16-2/h3-8H,14H2,1-2H3. The van der Waals surface area contributed by atoms with E-state index in [9.17, 15) is 0 Å². The quantitative estimate of drug-likeness (QED) is 0.782. The zero-order valence-corrected chi connectivity index (χ0v) is 9.40. The number of methoxy groups -OCH3 is 1. The molecule has 0 amide bonds. The lowest BCUT2D eigenvalue weighted by atomic mass is 10.0. The highest BCUT2D eigenvalue weighted by atomic mass is 16.5. The molecule has 2 N–H and O–H groups in total. The summed E-state index contributed by atoms with van der Waals surface area (Å²) in [6.45, 7) is 1.99. The second-order valence-electron chi connectivity index (χ2n) is 3.66. The number of aryl methyl sites for hydroxylation is 1. The molecule has 3 nitrogen and oxygen atoms in total. The summed E-state index contributed by atoms with van der Waals surface area (Å²) in [5.74, 6) is 0.608. The molecule has 0 atom stereocenters. The maximum absolute atomic E-state index is 5.88. The van der Waals surface area contributed by atoms with E-state index in [1.165, 1.54) is 0 Å². The van der Waals surface area contributed by atoms with Gasteiger partial charge in [-0.1, -0.05) is 12.1 Å². The summed E-state index contributed by atoms with van der Waals surface area (Å²) in [5, 5.41) is 0. The molecule has 0 unspecified atom stereocenters. The normalized spacial score (nSPS) is 10.1. The number of hydrogen-bond donors (Lipinski definition) is 1. The Kier molecular flexibility index (Phi) is 2.77. The molecule has 0 radical (unpaired) electrons. The Morgan fingerprint density at radius 3 is 2.56 bits per heavy atom. The smallest absolute Gasteiger partial charge is 0.213 e. The van der Waals surface area contributed by atoms with Gasteiger partial charge in [-0.15, -0.1) is 0 Å². The van der Waals surface area contributed by atoms with E-state index in [1.54, 1.807) is 13.3 Å². The summed E-state index contributed by atoms with van der Waals surface area (Å²) in [5.41, 5.74) is 9.90. The molecule has 0 bridgehead atoms. The minimum Gasteiger partial charge on any atom is -0.481 e. The monoisotopic (exact) mass is 214 g/mol. The number of aromatic nitrogens is 1. The first-order valence-electron chi connectivity index (χ1n) is 5.07. The van der Waals surface area contributed by atoms with Crippen molar-refractivity contribution in [1.82, 2.24) is 4.98 Å². The Balaban J connectivity index is 2.46. The fourth-order valence-corrected chi connectivity index (χ4v) is 1.52. The Morgan fingerprint density at radius 1 is 1.12 bits per heavy atom. The largest absolute Gasteiger partial charge is 0.481 e. The average Bonchev–Trinajstić information content (AvgIpc) is 2.33. The molecular weight excluding hydrogens is 200 g/mol. The van der Waals surface area contributed by atoms with E-state index in [0.717, 1.165) is 22.4 Å². The second-order valence-corrected chi connectivity index (χ2v) is 3.66. The lowest BCUT2D eigenvalue weighted by Gasteiger charge is -2.06. The molecule has 0 spiro atoms. The van der Waals surface area contributed by atoms with Gasteiger partial charge in [0.25, 0.3) is 0 Å². The third kappa shape index (κ3) is 1.98. The number of rotatable bonds is 2. The number of hydrogen-bond acceptors (Lipinski definition) is 3. The minimum absolute atomic E-state index is 0.608. The van der Waals surface area contributed by atoms with Gasteiger partial charge in [0.05, 0.1) is 7.11 Å². The average molecular weight is 214 g/mol. The van der Waals surface area contributed by atoms with Crippen LogP contribution in [0.4, 0.5) is 5.69 Å². The summed E-state index contributed by atoms with van der Waals surface area (Å²) in [6.07, 6.45) is 1.73. The Morgan fingerprint density at radius 2 is 1.88 bits per heavy atom. The zero-order valence-electron chi connectivity index (χ0n) is 9.40. The van der Waals surface area contributed by atoms with Crippen LogP contribution in [0.15, 0.2) is 36.5 Å². The van der Waals surface area contributed by atoms with E-state index >= 15 is 0 Å². The third-order valence-electron chi connectivity index (χ3n) is 2.56. The summed E-state index contributed by atoms with van der Waals surface area (Å²) in [4.78, 5) is 4.07. The van der Waals surface area contributed by atoms with E-state index in [-0.39, 0.29) is 0 Å². The fourth-order valence-electron chi connectivity index (χ4n) is 1.52. The van der Waals surface area contributed by atoms with Crippen LogP contribution in [0.2, 0.25) is 0 Å². The van der Waals surface area contributed by atoms with Gasteiger partial charge in [-0.25, -0.2) is 4.98 Å². The number of nitrogens with two attached hydrogens (primary N) is 1. The van der Waals surface area contributed by atoms with Crippen LogP contribution >= 0.6 is 0 Å². The molecule has 1 aromatic heterocycles. The molecule has 1 aromatic carbocycles. The minimum atomic E-state index is 0.608. The van der Waals surface area contributed by atoms with Crippen LogP contribution in [0.1, 0.15) is 5.56 Å². The number of ether oxygens (including phenoxy) is 1. The predicted octanol–water partition coefficient (Wildman–Crippen LogP) is 2.65. The van der Waals surface area contributed by atoms with Gasteiger partial charge >= 0.3 is 0 Å². The molecule has 0 fully saturated rings. The first-order valence-corrected chi connectivity index (χ1v) is 5.07. The molecule has 3 heteroatoms. The second kappa shape index (κ2) is 4.23. The van der Waals surface area contributed by atoms with Crippen LogP contribution in [-0.4, -0.2) is 12.1 Å². The lowest BCUT2D eigenvalue weighted by Crippen LogP contribution is -1.91. The predicted molar refractivity (Wildman–Crippen MR) is 65.4 cm³/mol. The van der Waals surface area contributed by atoms with Crippen molar-refractivity contribution in [1.29, 1.82) is 0 Å². The highest BCUT2D eigenvalue weighted by Gasteiger charge is 2.02. The van der Waals surface area contributed by atoms with Crippen molar-refractivity contribution in [3.05, 3.63) is 42.1 Å². The van der Waals surface area contributed by atoms with Crippen molar-refractivity contribution in [2.24, 2.45) is 0 Å². The maximum atomic E-state index is 5.88. The lowest BCUT2D eigenvalue weighted by molar-refractivity contribution is 0.398. The van der Waals surface area contributed by atoms with Gasteiger partial charge in [0, 0.05) is 18.0 Å².